The number of halogens is 3. The van der Waals surface area contributed by atoms with Crippen LogP contribution in [0.2, 0.25) is 10.0 Å². The van der Waals surface area contributed by atoms with Crippen LogP contribution in [0.4, 0.5) is 14.9 Å². The molecular weight excluding hydrogens is 416 g/mol. The van der Waals surface area contributed by atoms with Crippen LogP contribution >= 0.6 is 23.2 Å². The molecule has 3 amide bonds. The minimum atomic E-state index is -1.50. The Morgan fingerprint density at radius 3 is 2.48 bits per heavy atom. The van der Waals surface area contributed by atoms with E-state index in [1.165, 1.54) is 4.90 Å². The number of carbonyl (C=O) groups excluding carboxylic acids is 2. The van der Waals surface area contributed by atoms with Crippen LogP contribution in [-0.2, 0) is 5.67 Å². The predicted octanol–water partition coefficient (Wildman–Crippen LogP) is 4.62. The van der Waals surface area contributed by atoms with Crippen molar-refractivity contribution in [2.75, 3.05) is 31.1 Å². The van der Waals surface area contributed by atoms with Crippen LogP contribution in [0.3, 0.4) is 0 Å². The summed E-state index contributed by atoms with van der Waals surface area (Å²) in [6.45, 7) is 1.61. The van der Waals surface area contributed by atoms with Gasteiger partial charge in [0, 0.05) is 49.6 Å². The number of likely N-dealkylation sites (tertiary alicyclic amines) is 1. The van der Waals surface area contributed by atoms with E-state index in [4.69, 9.17) is 23.2 Å². The topological polar surface area (TPSA) is 52.7 Å². The lowest BCUT2D eigenvalue weighted by Crippen LogP contribution is -2.43. The molecule has 0 aromatic heterocycles. The molecule has 0 spiro atoms. The van der Waals surface area contributed by atoms with Crippen LogP contribution in [0.5, 0.6) is 0 Å². The smallest absolute Gasteiger partial charge is 0.322 e. The van der Waals surface area contributed by atoms with E-state index in [1.54, 1.807) is 47.4 Å². The maximum absolute atomic E-state index is 15.4. The predicted molar refractivity (Wildman–Crippen MR) is 112 cm³/mol. The average Bonchev–Trinajstić information content (AvgIpc) is 3.14. The number of hydrogen-bond donors (Lipinski definition) is 1. The van der Waals surface area contributed by atoms with Gasteiger partial charge in [0.1, 0.15) is 5.67 Å². The van der Waals surface area contributed by atoms with E-state index in [0.717, 1.165) is 0 Å². The van der Waals surface area contributed by atoms with Gasteiger partial charge in [-0.25, -0.2) is 9.18 Å². The first-order chi connectivity index (χ1) is 13.9. The monoisotopic (exact) mass is 435 g/mol. The number of piperidine rings is 1. The van der Waals surface area contributed by atoms with Gasteiger partial charge in [0.25, 0.3) is 5.91 Å². The molecule has 1 N–H and O–H groups in total. The molecule has 0 atom stereocenters. The van der Waals surface area contributed by atoms with E-state index in [9.17, 15) is 9.59 Å². The highest BCUT2D eigenvalue weighted by Gasteiger charge is 2.38. The fourth-order valence-corrected chi connectivity index (χ4v) is 4.27. The zero-order valence-corrected chi connectivity index (χ0v) is 17.1. The summed E-state index contributed by atoms with van der Waals surface area (Å²) in [4.78, 5) is 28.1. The Hall–Kier alpha value is -2.31. The second-order valence-electron chi connectivity index (χ2n) is 7.32. The van der Waals surface area contributed by atoms with E-state index >= 15 is 4.39 Å². The summed E-state index contributed by atoms with van der Waals surface area (Å²) >= 11 is 12.2. The summed E-state index contributed by atoms with van der Waals surface area (Å²) in [6, 6.07) is 11.5. The molecule has 0 unspecified atom stereocenters. The number of benzene rings is 2. The molecule has 0 saturated carbocycles. The molecule has 2 aromatic rings. The van der Waals surface area contributed by atoms with Crippen molar-refractivity contribution >= 4 is 40.8 Å². The van der Waals surface area contributed by atoms with Gasteiger partial charge in [-0.05, 0) is 35.9 Å². The van der Waals surface area contributed by atoms with Gasteiger partial charge in [0.15, 0.2) is 0 Å². The largest absolute Gasteiger partial charge is 0.338 e. The summed E-state index contributed by atoms with van der Waals surface area (Å²) < 4.78 is 15.4. The first kappa shape index (κ1) is 20.0. The fraction of sp³-hybridized carbons (Fsp3) is 0.333. The van der Waals surface area contributed by atoms with Crippen molar-refractivity contribution in [2.24, 2.45) is 0 Å². The Morgan fingerprint density at radius 2 is 1.83 bits per heavy atom. The Balaban J connectivity index is 1.49. The van der Waals surface area contributed by atoms with Crippen molar-refractivity contribution < 1.29 is 14.0 Å². The molecule has 29 heavy (non-hydrogen) atoms. The maximum atomic E-state index is 15.4. The van der Waals surface area contributed by atoms with Gasteiger partial charge in [-0.2, -0.15) is 0 Å². The number of rotatable bonds is 3. The number of nitrogens with one attached hydrogen (secondary N) is 1. The van der Waals surface area contributed by atoms with Crippen LogP contribution in [-0.4, -0.2) is 43.0 Å². The summed E-state index contributed by atoms with van der Waals surface area (Å²) in [5.74, 6) is -0.198. The maximum Gasteiger partial charge on any atom is 0.322 e. The fourth-order valence-electron chi connectivity index (χ4n) is 3.86. The zero-order valence-electron chi connectivity index (χ0n) is 15.6. The second kappa shape index (κ2) is 7.84. The average molecular weight is 436 g/mol. The summed E-state index contributed by atoms with van der Waals surface area (Å²) in [6.07, 6.45) is 0.405. The SMILES string of the molecule is O=C(c1ccc(Cl)c(N2CCNC2=O)c1)N1CCC(F)(c2cccc(Cl)c2)CC1. The molecule has 2 heterocycles. The molecule has 8 heteroatoms. The van der Waals surface area contributed by atoms with Crippen molar-refractivity contribution in [3.8, 4) is 0 Å². The molecule has 2 aliphatic heterocycles. The van der Waals surface area contributed by atoms with Gasteiger partial charge in [0.05, 0.1) is 10.7 Å². The Labute approximate surface area is 178 Å². The summed E-state index contributed by atoms with van der Waals surface area (Å²) in [5, 5.41) is 3.62. The van der Waals surface area contributed by atoms with Crippen LogP contribution in [0.1, 0.15) is 28.8 Å². The van der Waals surface area contributed by atoms with Gasteiger partial charge in [-0.15, -0.1) is 0 Å². The first-order valence-electron chi connectivity index (χ1n) is 9.46. The standard InChI is InChI=1S/C21H20Cl2FN3O2/c22-16-3-1-2-15(13-16)21(24)6-9-26(10-7-21)19(28)14-4-5-17(23)18(12-14)27-11-8-25-20(27)29/h1-5,12-13H,6-11H2,(H,25,29). The normalized spacial score (nSPS) is 18.7. The van der Waals surface area contributed by atoms with E-state index in [0.29, 0.717) is 53.0 Å². The molecule has 2 saturated heterocycles. The number of alkyl halides is 1. The lowest BCUT2D eigenvalue weighted by Gasteiger charge is -2.37. The van der Waals surface area contributed by atoms with Crippen molar-refractivity contribution in [1.82, 2.24) is 10.2 Å². The second-order valence-corrected chi connectivity index (χ2v) is 8.16. The van der Waals surface area contributed by atoms with E-state index in [2.05, 4.69) is 5.32 Å². The molecule has 0 bridgehead atoms. The quantitative estimate of drug-likeness (QED) is 0.764. The molecule has 2 fully saturated rings. The van der Waals surface area contributed by atoms with Gasteiger partial charge >= 0.3 is 6.03 Å². The van der Waals surface area contributed by atoms with Crippen molar-refractivity contribution in [2.45, 2.75) is 18.5 Å². The Kier molecular flexibility index (Phi) is 5.40. The van der Waals surface area contributed by atoms with Crippen molar-refractivity contribution in [3.63, 3.8) is 0 Å². The Morgan fingerprint density at radius 1 is 1.07 bits per heavy atom. The van der Waals surface area contributed by atoms with Crippen LogP contribution in [0.15, 0.2) is 42.5 Å². The van der Waals surface area contributed by atoms with Crippen LogP contribution in [0.25, 0.3) is 0 Å². The van der Waals surface area contributed by atoms with Crippen LogP contribution < -0.4 is 10.2 Å². The third-order valence-corrected chi connectivity index (χ3v) is 6.08. The molecule has 2 aromatic carbocycles. The summed E-state index contributed by atoms with van der Waals surface area (Å²) in [7, 11) is 0. The summed E-state index contributed by atoms with van der Waals surface area (Å²) in [5.41, 5.74) is -0.0204. The molecule has 152 valence electrons. The number of anilines is 1. The number of carbonyl (C=O) groups is 2. The van der Waals surface area contributed by atoms with Gasteiger partial charge in [0.2, 0.25) is 0 Å². The number of urea groups is 1. The van der Waals surface area contributed by atoms with Gasteiger partial charge < -0.3 is 10.2 Å². The molecule has 2 aliphatic rings. The molecule has 5 nitrogen and oxygen atoms in total. The van der Waals surface area contributed by atoms with E-state index in [-0.39, 0.29) is 24.8 Å². The third kappa shape index (κ3) is 3.91. The first-order valence-corrected chi connectivity index (χ1v) is 10.2. The van der Waals surface area contributed by atoms with Crippen LogP contribution in [0, 0.1) is 0 Å². The van der Waals surface area contributed by atoms with Gasteiger partial charge in [-0.3, -0.25) is 9.69 Å². The highest BCUT2D eigenvalue weighted by atomic mass is 35.5. The minimum absolute atomic E-state index is 0.198. The van der Waals surface area contributed by atoms with E-state index < -0.39 is 5.67 Å². The lowest BCUT2D eigenvalue weighted by molar-refractivity contribution is 0.0421. The third-order valence-electron chi connectivity index (χ3n) is 5.53. The number of hydrogen-bond acceptors (Lipinski definition) is 2. The number of nitrogens with zero attached hydrogens (tertiary/aromatic N) is 2. The minimum Gasteiger partial charge on any atom is -0.338 e. The molecule has 0 radical (unpaired) electrons. The molecular formula is C21H20Cl2FN3O2. The number of amides is 3. The highest BCUT2D eigenvalue weighted by Crippen LogP contribution is 2.38. The van der Waals surface area contributed by atoms with E-state index in [1.807, 2.05) is 0 Å². The zero-order chi connectivity index (χ0) is 20.6. The Bertz CT molecular complexity index is 961. The van der Waals surface area contributed by atoms with Gasteiger partial charge in [-0.1, -0.05) is 35.3 Å². The molecule has 0 aliphatic carbocycles. The van der Waals surface area contributed by atoms with Crippen molar-refractivity contribution in [1.29, 1.82) is 0 Å². The molecule has 4 rings (SSSR count). The lowest BCUT2D eigenvalue weighted by atomic mass is 9.86. The highest BCUT2D eigenvalue weighted by molar-refractivity contribution is 6.34. The van der Waals surface area contributed by atoms with Crippen molar-refractivity contribution in [3.05, 3.63) is 63.6 Å².